The van der Waals surface area contributed by atoms with Crippen LogP contribution in [0.4, 0.5) is 0 Å². The summed E-state index contributed by atoms with van der Waals surface area (Å²) in [5.74, 6) is 1.64. The van der Waals surface area contributed by atoms with E-state index in [4.69, 9.17) is 9.47 Å². The zero-order valence-corrected chi connectivity index (χ0v) is 11.5. The summed E-state index contributed by atoms with van der Waals surface area (Å²) in [5, 5.41) is 2.19. The van der Waals surface area contributed by atoms with Crippen LogP contribution in [0.5, 0.6) is 11.5 Å². The Kier molecular flexibility index (Phi) is 5.24. The van der Waals surface area contributed by atoms with Crippen LogP contribution >= 0.6 is 0 Å². The molecular weight excluding hydrogens is 256 g/mol. The second-order valence-electron chi connectivity index (χ2n) is 4.33. The third-order valence-corrected chi connectivity index (χ3v) is 2.79. The van der Waals surface area contributed by atoms with Crippen molar-refractivity contribution in [3.63, 3.8) is 0 Å². The predicted octanol–water partition coefficient (Wildman–Crippen LogP) is 3.18. The van der Waals surface area contributed by atoms with Gasteiger partial charge >= 0.3 is 0 Å². The van der Waals surface area contributed by atoms with Crippen molar-refractivity contribution in [1.29, 1.82) is 0 Å². The summed E-state index contributed by atoms with van der Waals surface area (Å²) in [6, 6.07) is 11.8. The molecule has 0 N–H and O–H groups in total. The maximum Gasteiger partial charge on any atom is 0.293 e. The fourth-order valence-corrected chi connectivity index (χ4v) is 1.86. The van der Waals surface area contributed by atoms with Crippen LogP contribution in [0, 0.1) is 0 Å². The summed E-state index contributed by atoms with van der Waals surface area (Å²) in [6.07, 6.45) is 0.994. The fraction of sp³-hybridized carbons (Fsp3) is 0.312. The monoisotopic (exact) mass is 274 g/mol. The molecule has 0 aliphatic rings. The van der Waals surface area contributed by atoms with Gasteiger partial charge in [0.25, 0.3) is 6.47 Å². The van der Waals surface area contributed by atoms with Gasteiger partial charge in [-0.2, -0.15) is 0 Å². The third kappa shape index (κ3) is 3.88. The maximum atomic E-state index is 10.0. The van der Waals surface area contributed by atoms with Gasteiger partial charge < -0.3 is 14.2 Å². The van der Waals surface area contributed by atoms with E-state index in [1.54, 1.807) is 0 Å². The lowest BCUT2D eigenvalue weighted by molar-refractivity contribution is -0.129. The Bertz CT molecular complexity index is 565. The quantitative estimate of drug-likeness (QED) is 0.548. The molecule has 0 saturated heterocycles. The van der Waals surface area contributed by atoms with Crippen molar-refractivity contribution >= 4 is 17.2 Å². The highest BCUT2D eigenvalue weighted by Crippen LogP contribution is 2.25. The Hall–Kier alpha value is -2.23. The average Bonchev–Trinajstić information content (AvgIpc) is 2.49. The Morgan fingerprint density at radius 3 is 2.05 bits per heavy atom. The third-order valence-electron chi connectivity index (χ3n) is 2.79. The van der Waals surface area contributed by atoms with Crippen LogP contribution in [-0.2, 0) is 9.53 Å². The van der Waals surface area contributed by atoms with E-state index in [-0.39, 0.29) is 6.61 Å². The van der Waals surface area contributed by atoms with Gasteiger partial charge in [-0.05, 0) is 41.5 Å². The first-order valence-electron chi connectivity index (χ1n) is 6.68. The smallest absolute Gasteiger partial charge is 0.293 e. The van der Waals surface area contributed by atoms with Gasteiger partial charge in [0, 0.05) is 0 Å². The Labute approximate surface area is 118 Å². The van der Waals surface area contributed by atoms with Gasteiger partial charge in [-0.3, -0.25) is 4.79 Å². The van der Waals surface area contributed by atoms with Crippen molar-refractivity contribution in [1.82, 2.24) is 0 Å². The lowest BCUT2D eigenvalue weighted by Crippen LogP contribution is -2.05. The van der Waals surface area contributed by atoms with Crippen molar-refractivity contribution in [2.45, 2.75) is 13.3 Å². The number of hydrogen-bond donors (Lipinski definition) is 0. The van der Waals surface area contributed by atoms with Crippen LogP contribution in [0.25, 0.3) is 10.8 Å². The van der Waals surface area contributed by atoms with Crippen LogP contribution in [0.2, 0.25) is 0 Å². The van der Waals surface area contributed by atoms with E-state index in [1.165, 1.54) is 0 Å². The molecule has 0 saturated carbocycles. The van der Waals surface area contributed by atoms with Crippen molar-refractivity contribution in [2.75, 3.05) is 19.8 Å². The molecule has 0 atom stereocenters. The highest BCUT2D eigenvalue weighted by atomic mass is 16.5. The topological polar surface area (TPSA) is 44.8 Å². The Morgan fingerprint density at radius 2 is 1.50 bits per heavy atom. The summed E-state index contributed by atoms with van der Waals surface area (Å²) in [4.78, 5) is 10.0. The first-order chi connectivity index (χ1) is 9.83. The molecule has 20 heavy (non-hydrogen) atoms. The van der Waals surface area contributed by atoms with Gasteiger partial charge in [-0.1, -0.05) is 19.1 Å². The molecule has 0 aliphatic carbocycles. The SMILES string of the molecule is CCCOc1ccc2cc(OCCOC=O)ccc2c1. The molecule has 4 nitrogen and oxygen atoms in total. The molecule has 106 valence electrons. The predicted molar refractivity (Wildman–Crippen MR) is 77.2 cm³/mol. The normalized spacial score (nSPS) is 10.2. The van der Waals surface area contributed by atoms with Gasteiger partial charge in [-0.25, -0.2) is 0 Å². The Morgan fingerprint density at radius 1 is 0.900 bits per heavy atom. The molecule has 0 amide bonds. The zero-order valence-electron chi connectivity index (χ0n) is 11.5. The standard InChI is InChI=1S/C16H18O4/c1-2-7-19-15-5-3-14-11-16(6-4-13(14)10-15)20-9-8-18-12-17/h3-6,10-12H,2,7-9H2,1H3. The van der Waals surface area contributed by atoms with Crippen LogP contribution in [0.15, 0.2) is 36.4 Å². The summed E-state index contributed by atoms with van der Waals surface area (Å²) < 4.78 is 15.7. The summed E-state index contributed by atoms with van der Waals surface area (Å²) >= 11 is 0. The van der Waals surface area contributed by atoms with Crippen molar-refractivity contribution in [2.24, 2.45) is 0 Å². The molecule has 0 unspecified atom stereocenters. The van der Waals surface area contributed by atoms with Crippen molar-refractivity contribution in [3.05, 3.63) is 36.4 Å². The molecule has 0 heterocycles. The minimum Gasteiger partial charge on any atom is -0.494 e. The van der Waals surface area contributed by atoms with Crippen LogP contribution in [0.1, 0.15) is 13.3 Å². The minimum absolute atomic E-state index is 0.255. The molecule has 0 aliphatic heterocycles. The molecule has 0 fully saturated rings. The van der Waals surface area contributed by atoms with Crippen LogP contribution < -0.4 is 9.47 Å². The second kappa shape index (κ2) is 7.38. The van der Waals surface area contributed by atoms with Crippen molar-refractivity contribution < 1.29 is 19.0 Å². The second-order valence-corrected chi connectivity index (χ2v) is 4.33. The van der Waals surface area contributed by atoms with E-state index >= 15 is 0 Å². The van der Waals surface area contributed by atoms with E-state index in [9.17, 15) is 4.79 Å². The average molecular weight is 274 g/mol. The Balaban J connectivity index is 2.04. The number of carbonyl (C=O) groups excluding carboxylic acids is 1. The highest BCUT2D eigenvalue weighted by molar-refractivity contribution is 5.85. The zero-order chi connectivity index (χ0) is 14.2. The van der Waals surface area contributed by atoms with Gasteiger partial charge in [0.1, 0.15) is 24.7 Å². The van der Waals surface area contributed by atoms with Crippen LogP contribution in [-0.4, -0.2) is 26.3 Å². The van der Waals surface area contributed by atoms with E-state index in [0.717, 1.165) is 35.3 Å². The summed E-state index contributed by atoms with van der Waals surface area (Å²) in [6.45, 7) is 3.83. The highest BCUT2D eigenvalue weighted by Gasteiger charge is 2.00. The number of hydrogen-bond acceptors (Lipinski definition) is 4. The van der Waals surface area contributed by atoms with E-state index in [1.807, 2.05) is 36.4 Å². The largest absolute Gasteiger partial charge is 0.494 e. The lowest BCUT2D eigenvalue weighted by Gasteiger charge is -2.08. The van der Waals surface area contributed by atoms with Gasteiger partial charge in [0.05, 0.1) is 6.61 Å². The maximum absolute atomic E-state index is 10.0. The minimum atomic E-state index is 0.255. The summed E-state index contributed by atoms with van der Waals surface area (Å²) in [5.41, 5.74) is 0. The number of fused-ring (bicyclic) bond motifs is 1. The lowest BCUT2D eigenvalue weighted by atomic mass is 10.1. The van der Waals surface area contributed by atoms with Crippen molar-refractivity contribution in [3.8, 4) is 11.5 Å². The molecule has 2 rings (SSSR count). The van der Waals surface area contributed by atoms with Gasteiger partial charge in [0.15, 0.2) is 0 Å². The fourth-order valence-electron chi connectivity index (χ4n) is 1.86. The molecule has 0 bridgehead atoms. The molecule has 0 aromatic heterocycles. The summed E-state index contributed by atoms with van der Waals surface area (Å²) in [7, 11) is 0. The number of carbonyl (C=O) groups is 1. The number of rotatable bonds is 8. The molecule has 0 radical (unpaired) electrons. The number of benzene rings is 2. The van der Waals surface area contributed by atoms with E-state index < -0.39 is 0 Å². The first-order valence-corrected chi connectivity index (χ1v) is 6.68. The van der Waals surface area contributed by atoms with Gasteiger partial charge in [-0.15, -0.1) is 0 Å². The molecule has 2 aromatic rings. The molecule has 0 spiro atoms. The van der Waals surface area contributed by atoms with E-state index in [0.29, 0.717) is 13.1 Å². The van der Waals surface area contributed by atoms with E-state index in [2.05, 4.69) is 11.7 Å². The first kappa shape index (κ1) is 14.2. The molecular formula is C16H18O4. The molecule has 4 heteroatoms. The van der Waals surface area contributed by atoms with Crippen LogP contribution in [0.3, 0.4) is 0 Å². The molecule has 2 aromatic carbocycles. The van der Waals surface area contributed by atoms with Gasteiger partial charge in [0.2, 0.25) is 0 Å². The number of ether oxygens (including phenoxy) is 3.